The van der Waals surface area contributed by atoms with E-state index in [0.29, 0.717) is 5.69 Å². The number of carbonyl (C=O) groups excluding carboxylic acids is 2. The van der Waals surface area contributed by atoms with Gasteiger partial charge in [-0.3, -0.25) is 9.59 Å². The van der Waals surface area contributed by atoms with E-state index in [0.717, 1.165) is 5.69 Å². The molecule has 0 bridgehead atoms. The minimum Gasteiger partial charge on any atom is -0.460 e. The van der Waals surface area contributed by atoms with E-state index in [1.54, 1.807) is 6.92 Å². The molecule has 134 valence electrons. The van der Waals surface area contributed by atoms with Crippen LogP contribution in [0.5, 0.6) is 0 Å². The molecule has 0 saturated heterocycles. The van der Waals surface area contributed by atoms with E-state index < -0.39 is 30.3 Å². The molecule has 8 heteroatoms. The lowest BCUT2D eigenvalue weighted by atomic mass is 10.1. The fraction of sp³-hybridized carbons (Fsp3) is 0.412. The van der Waals surface area contributed by atoms with Crippen LogP contribution in [0, 0.1) is 0 Å². The number of nitrogens with zero attached hydrogens (tertiary/aromatic N) is 3. The summed E-state index contributed by atoms with van der Waals surface area (Å²) >= 11 is 0. The van der Waals surface area contributed by atoms with Crippen molar-refractivity contribution in [2.75, 3.05) is 7.11 Å². The molecule has 1 heterocycles. The molecule has 0 saturated carbocycles. The Morgan fingerprint density at radius 3 is 2.28 bits per heavy atom. The van der Waals surface area contributed by atoms with Crippen molar-refractivity contribution in [3.05, 3.63) is 42.2 Å². The van der Waals surface area contributed by atoms with Crippen molar-refractivity contribution in [3.8, 4) is 5.69 Å². The molecule has 1 aromatic carbocycles. The maximum absolute atomic E-state index is 11.5. The fourth-order valence-corrected chi connectivity index (χ4v) is 2.46. The summed E-state index contributed by atoms with van der Waals surface area (Å²) in [7, 11) is 1.45. The van der Waals surface area contributed by atoms with Crippen LogP contribution < -0.4 is 0 Å². The average molecular weight is 347 g/mol. The molecular formula is C17H21N3O5. The molecule has 0 spiro atoms. The van der Waals surface area contributed by atoms with Gasteiger partial charge in [0.25, 0.3) is 0 Å². The van der Waals surface area contributed by atoms with Crippen LogP contribution in [-0.2, 0) is 23.8 Å². The second-order valence-electron chi connectivity index (χ2n) is 5.44. The molecule has 0 fully saturated rings. The summed E-state index contributed by atoms with van der Waals surface area (Å²) in [5, 5.41) is 8.57. The monoisotopic (exact) mass is 347 g/mol. The van der Waals surface area contributed by atoms with E-state index in [9.17, 15) is 9.59 Å². The molecule has 3 atom stereocenters. The molecule has 0 unspecified atom stereocenters. The van der Waals surface area contributed by atoms with Crippen LogP contribution in [0.1, 0.15) is 32.6 Å². The Morgan fingerprint density at radius 2 is 1.72 bits per heavy atom. The second-order valence-corrected chi connectivity index (χ2v) is 5.44. The Bertz CT molecular complexity index is 716. The third-order valence-corrected chi connectivity index (χ3v) is 3.47. The first-order valence-corrected chi connectivity index (χ1v) is 7.77. The zero-order valence-electron chi connectivity index (χ0n) is 14.6. The molecule has 8 nitrogen and oxygen atoms in total. The van der Waals surface area contributed by atoms with E-state index in [4.69, 9.17) is 14.2 Å². The molecule has 0 aliphatic heterocycles. The summed E-state index contributed by atoms with van der Waals surface area (Å²) in [5.74, 6) is -0.958. The molecule has 0 radical (unpaired) electrons. The summed E-state index contributed by atoms with van der Waals surface area (Å²) in [6, 6.07) is 9.31. The van der Waals surface area contributed by atoms with Gasteiger partial charge in [0.05, 0.1) is 11.9 Å². The zero-order chi connectivity index (χ0) is 18.4. The Hall–Kier alpha value is -2.74. The molecule has 25 heavy (non-hydrogen) atoms. The van der Waals surface area contributed by atoms with Gasteiger partial charge in [-0.1, -0.05) is 18.2 Å². The Kier molecular flexibility index (Phi) is 6.24. The van der Waals surface area contributed by atoms with Crippen molar-refractivity contribution in [2.45, 2.75) is 39.1 Å². The van der Waals surface area contributed by atoms with Crippen LogP contribution >= 0.6 is 0 Å². The Balaban J connectivity index is 2.32. The number of rotatable bonds is 7. The maximum atomic E-state index is 11.5. The lowest BCUT2D eigenvalue weighted by molar-refractivity contribution is -0.170. The number of para-hydroxylation sites is 1. The predicted molar refractivity (Wildman–Crippen MR) is 87.9 cm³/mol. The molecule has 0 N–H and O–H groups in total. The third-order valence-electron chi connectivity index (χ3n) is 3.47. The van der Waals surface area contributed by atoms with Gasteiger partial charge in [-0.05, 0) is 19.1 Å². The number of esters is 2. The van der Waals surface area contributed by atoms with Crippen LogP contribution in [-0.4, -0.2) is 46.3 Å². The van der Waals surface area contributed by atoms with Crippen molar-refractivity contribution in [2.24, 2.45) is 0 Å². The van der Waals surface area contributed by atoms with Gasteiger partial charge in [0.15, 0.2) is 6.10 Å². The van der Waals surface area contributed by atoms with Crippen LogP contribution in [0.2, 0.25) is 0 Å². The number of carbonyl (C=O) groups is 2. The summed E-state index contributed by atoms with van der Waals surface area (Å²) < 4.78 is 16.0. The van der Waals surface area contributed by atoms with Gasteiger partial charge in [-0.25, -0.2) is 0 Å². The van der Waals surface area contributed by atoms with Crippen molar-refractivity contribution in [1.82, 2.24) is 15.0 Å². The average Bonchev–Trinajstić information content (AvgIpc) is 3.04. The van der Waals surface area contributed by atoms with Gasteiger partial charge in [0.2, 0.25) is 0 Å². The molecule has 0 amide bonds. The first-order chi connectivity index (χ1) is 11.9. The molecule has 2 rings (SSSR count). The lowest BCUT2D eigenvalue weighted by Gasteiger charge is -2.28. The Labute approximate surface area is 145 Å². The van der Waals surface area contributed by atoms with E-state index in [-0.39, 0.29) is 0 Å². The minimum absolute atomic E-state index is 0.393. The maximum Gasteiger partial charge on any atom is 0.303 e. The third kappa shape index (κ3) is 4.87. The minimum atomic E-state index is -0.866. The van der Waals surface area contributed by atoms with Gasteiger partial charge in [0, 0.05) is 21.0 Å². The van der Waals surface area contributed by atoms with Crippen LogP contribution in [0.4, 0.5) is 0 Å². The van der Waals surface area contributed by atoms with Gasteiger partial charge >= 0.3 is 11.9 Å². The van der Waals surface area contributed by atoms with Crippen LogP contribution in [0.25, 0.3) is 5.69 Å². The first kappa shape index (κ1) is 18.6. The summed E-state index contributed by atoms with van der Waals surface area (Å²) in [4.78, 5) is 24.2. The highest BCUT2D eigenvalue weighted by Gasteiger charge is 2.35. The van der Waals surface area contributed by atoms with Crippen LogP contribution in [0.3, 0.4) is 0 Å². The van der Waals surface area contributed by atoms with E-state index in [2.05, 4.69) is 10.2 Å². The molecule has 0 aliphatic carbocycles. The quantitative estimate of drug-likeness (QED) is 0.706. The second kappa shape index (κ2) is 8.39. The van der Waals surface area contributed by atoms with Crippen molar-refractivity contribution in [1.29, 1.82) is 0 Å². The number of benzene rings is 1. The highest BCUT2D eigenvalue weighted by molar-refractivity contribution is 5.67. The van der Waals surface area contributed by atoms with Gasteiger partial charge < -0.3 is 14.2 Å². The largest absolute Gasteiger partial charge is 0.460 e. The number of methoxy groups -OCH3 is 1. The highest BCUT2D eigenvalue weighted by atomic mass is 16.6. The number of hydrogen-bond donors (Lipinski definition) is 0. The summed E-state index contributed by atoms with van der Waals surface area (Å²) in [6.07, 6.45) is -0.746. The van der Waals surface area contributed by atoms with E-state index >= 15 is 0 Å². The fourth-order valence-electron chi connectivity index (χ4n) is 2.46. The first-order valence-electron chi connectivity index (χ1n) is 7.77. The number of ether oxygens (including phenoxy) is 3. The predicted octanol–water partition coefficient (Wildman–Crippen LogP) is 1.84. The van der Waals surface area contributed by atoms with Gasteiger partial charge in [-0.15, -0.1) is 5.10 Å². The normalized spacial score (nSPS) is 14.4. The van der Waals surface area contributed by atoms with Crippen molar-refractivity contribution >= 4 is 11.9 Å². The number of hydrogen-bond acceptors (Lipinski definition) is 7. The summed E-state index contributed by atoms with van der Waals surface area (Å²) in [6.45, 7) is 4.25. The number of aromatic nitrogens is 3. The standard InChI is InChI=1S/C17H21N3O5/c1-11(24-12(2)21)16(23-4)17(25-13(3)22)15-10-18-20(19-15)14-8-6-5-7-9-14/h5-11,16-17H,1-4H3/t11-,16-,17-/m0/s1. The summed E-state index contributed by atoms with van der Waals surface area (Å²) in [5.41, 5.74) is 1.15. The van der Waals surface area contributed by atoms with Gasteiger partial charge in [0.1, 0.15) is 17.9 Å². The topological polar surface area (TPSA) is 92.5 Å². The van der Waals surface area contributed by atoms with Crippen LogP contribution in [0.15, 0.2) is 36.5 Å². The Morgan fingerprint density at radius 1 is 1.08 bits per heavy atom. The lowest BCUT2D eigenvalue weighted by Crippen LogP contribution is -2.37. The molecule has 1 aromatic heterocycles. The highest BCUT2D eigenvalue weighted by Crippen LogP contribution is 2.26. The smallest absolute Gasteiger partial charge is 0.303 e. The van der Waals surface area contributed by atoms with E-state index in [1.807, 2.05) is 30.3 Å². The SMILES string of the molecule is CO[C@@H]([C@H](C)OC(C)=O)[C@@H](OC(C)=O)c1cnn(-c2ccccc2)n1. The zero-order valence-corrected chi connectivity index (χ0v) is 14.6. The molecular weight excluding hydrogens is 326 g/mol. The van der Waals surface area contributed by atoms with Crippen molar-refractivity contribution < 1.29 is 23.8 Å². The van der Waals surface area contributed by atoms with Gasteiger partial charge in [-0.2, -0.15) is 9.90 Å². The molecule has 0 aliphatic rings. The van der Waals surface area contributed by atoms with E-state index in [1.165, 1.54) is 32.0 Å². The molecule has 2 aromatic rings. The van der Waals surface area contributed by atoms with Crippen molar-refractivity contribution in [3.63, 3.8) is 0 Å².